The molecule has 0 heterocycles. The summed E-state index contributed by atoms with van der Waals surface area (Å²) in [7, 11) is 0. The third-order valence-corrected chi connectivity index (χ3v) is 3.68. The molecule has 0 spiro atoms. The van der Waals surface area contributed by atoms with Crippen molar-refractivity contribution >= 4 is 33.2 Å². The van der Waals surface area contributed by atoms with E-state index in [0.717, 1.165) is 21.3 Å². The average Bonchev–Trinajstić information content (AvgIpc) is 2.37. The van der Waals surface area contributed by atoms with Crippen molar-refractivity contribution in [1.29, 1.82) is 0 Å². The summed E-state index contributed by atoms with van der Waals surface area (Å²) in [5.41, 5.74) is 9.15. The Labute approximate surface area is 121 Å². The molecule has 2 rings (SSSR count). The number of anilines is 2. The number of nitrogens with two attached hydrogens (primary N) is 1. The zero-order chi connectivity index (χ0) is 13.8. The summed E-state index contributed by atoms with van der Waals surface area (Å²) in [6.07, 6.45) is 0.343. The van der Waals surface area contributed by atoms with Crippen molar-refractivity contribution in [2.24, 2.45) is 0 Å². The van der Waals surface area contributed by atoms with Crippen molar-refractivity contribution < 1.29 is 4.79 Å². The van der Waals surface area contributed by atoms with E-state index in [-0.39, 0.29) is 5.91 Å². The van der Waals surface area contributed by atoms with Gasteiger partial charge in [0, 0.05) is 15.8 Å². The summed E-state index contributed by atoms with van der Waals surface area (Å²) in [5.74, 6) is -0.0357. The van der Waals surface area contributed by atoms with Gasteiger partial charge in [-0.2, -0.15) is 0 Å². The molecule has 4 heteroatoms. The number of carbonyl (C=O) groups excluding carboxylic acids is 1. The minimum atomic E-state index is -0.0357. The van der Waals surface area contributed by atoms with E-state index in [4.69, 9.17) is 5.73 Å². The van der Waals surface area contributed by atoms with E-state index in [1.165, 1.54) is 0 Å². The van der Waals surface area contributed by atoms with E-state index in [0.29, 0.717) is 12.1 Å². The van der Waals surface area contributed by atoms with E-state index in [9.17, 15) is 4.79 Å². The lowest BCUT2D eigenvalue weighted by molar-refractivity contribution is -0.115. The van der Waals surface area contributed by atoms with Crippen molar-refractivity contribution in [3.63, 3.8) is 0 Å². The Morgan fingerprint density at radius 3 is 2.53 bits per heavy atom. The summed E-state index contributed by atoms with van der Waals surface area (Å²) in [6, 6.07) is 13.1. The standard InChI is InChI=1S/C15H15BrN2O/c1-10-8-13(6-7-14(10)16)18-15(19)9-11-2-4-12(17)5-3-11/h2-8H,9,17H2,1H3,(H,18,19). The number of nitrogen functional groups attached to an aromatic ring is 1. The molecule has 3 N–H and O–H groups in total. The summed E-state index contributed by atoms with van der Waals surface area (Å²) in [4.78, 5) is 11.9. The van der Waals surface area contributed by atoms with Crippen LogP contribution in [0.4, 0.5) is 11.4 Å². The number of halogens is 1. The van der Waals surface area contributed by atoms with Gasteiger partial charge in [0.15, 0.2) is 0 Å². The van der Waals surface area contributed by atoms with Crippen molar-refractivity contribution in [3.05, 3.63) is 58.1 Å². The van der Waals surface area contributed by atoms with Crippen LogP contribution in [0.15, 0.2) is 46.9 Å². The zero-order valence-electron chi connectivity index (χ0n) is 10.6. The summed E-state index contributed by atoms with van der Waals surface area (Å²) >= 11 is 3.43. The number of hydrogen-bond acceptors (Lipinski definition) is 2. The van der Waals surface area contributed by atoms with E-state index in [2.05, 4.69) is 21.2 Å². The Morgan fingerprint density at radius 2 is 1.89 bits per heavy atom. The van der Waals surface area contributed by atoms with Gasteiger partial charge in [-0.3, -0.25) is 4.79 Å². The lowest BCUT2D eigenvalue weighted by Gasteiger charge is -2.07. The monoisotopic (exact) mass is 318 g/mol. The Bertz CT molecular complexity index is 594. The SMILES string of the molecule is Cc1cc(NC(=O)Cc2ccc(N)cc2)ccc1Br. The lowest BCUT2D eigenvalue weighted by atomic mass is 10.1. The fraction of sp³-hybridized carbons (Fsp3) is 0.133. The van der Waals surface area contributed by atoms with Crippen LogP contribution in [-0.4, -0.2) is 5.91 Å². The molecular weight excluding hydrogens is 304 g/mol. The van der Waals surface area contributed by atoms with Gasteiger partial charge in [0.05, 0.1) is 6.42 Å². The Hall–Kier alpha value is -1.81. The van der Waals surface area contributed by atoms with Gasteiger partial charge in [0.1, 0.15) is 0 Å². The molecule has 3 nitrogen and oxygen atoms in total. The molecule has 19 heavy (non-hydrogen) atoms. The van der Waals surface area contributed by atoms with Gasteiger partial charge in [-0.1, -0.05) is 28.1 Å². The van der Waals surface area contributed by atoms with Crippen LogP contribution >= 0.6 is 15.9 Å². The fourth-order valence-electron chi connectivity index (χ4n) is 1.75. The maximum Gasteiger partial charge on any atom is 0.228 e. The number of hydrogen-bond donors (Lipinski definition) is 2. The molecule has 0 saturated carbocycles. The zero-order valence-corrected chi connectivity index (χ0v) is 12.2. The van der Waals surface area contributed by atoms with Crippen LogP contribution in [0.5, 0.6) is 0 Å². The maximum atomic E-state index is 11.9. The van der Waals surface area contributed by atoms with E-state index >= 15 is 0 Å². The van der Waals surface area contributed by atoms with E-state index < -0.39 is 0 Å². The quantitative estimate of drug-likeness (QED) is 0.851. The van der Waals surface area contributed by atoms with Crippen LogP contribution in [-0.2, 0) is 11.2 Å². The normalized spacial score (nSPS) is 10.2. The molecule has 0 bridgehead atoms. The molecule has 98 valence electrons. The number of benzene rings is 2. The third-order valence-electron chi connectivity index (χ3n) is 2.79. The molecule has 0 unspecified atom stereocenters. The highest BCUT2D eigenvalue weighted by Crippen LogP contribution is 2.20. The molecule has 0 saturated heterocycles. The van der Waals surface area contributed by atoms with Gasteiger partial charge < -0.3 is 11.1 Å². The highest BCUT2D eigenvalue weighted by Gasteiger charge is 2.05. The third kappa shape index (κ3) is 3.83. The van der Waals surface area contributed by atoms with Gasteiger partial charge in [-0.05, 0) is 48.4 Å². The second-order valence-corrected chi connectivity index (χ2v) is 5.28. The minimum Gasteiger partial charge on any atom is -0.399 e. The Balaban J connectivity index is 2.01. The summed E-state index contributed by atoms with van der Waals surface area (Å²) in [5, 5.41) is 2.88. The molecule has 0 aliphatic carbocycles. The molecule has 0 aliphatic heterocycles. The maximum absolute atomic E-state index is 11.9. The summed E-state index contributed by atoms with van der Waals surface area (Å²) in [6.45, 7) is 1.99. The second kappa shape index (κ2) is 5.89. The first-order valence-corrected chi connectivity index (χ1v) is 6.74. The predicted molar refractivity (Wildman–Crippen MR) is 82.1 cm³/mol. The smallest absolute Gasteiger partial charge is 0.228 e. The molecule has 2 aromatic carbocycles. The van der Waals surface area contributed by atoms with Crippen molar-refractivity contribution in [2.75, 3.05) is 11.1 Å². The average molecular weight is 319 g/mol. The molecule has 0 aliphatic rings. The van der Waals surface area contributed by atoms with Crippen molar-refractivity contribution in [1.82, 2.24) is 0 Å². The molecule has 0 fully saturated rings. The van der Waals surface area contributed by atoms with Crippen molar-refractivity contribution in [2.45, 2.75) is 13.3 Å². The van der Waals surface area contributed by atoms with Gasteiger partial charge in [-0.25, -0.2) is 0 Å². The first kappa shape index (κ1) is 13.6. The van der Waals surface area contributed by atoms with Crippen LogP contribution in [0.25, 0.3) is 0 Å². The number of rotatable bonds is 3. The molecular formula is C15H15BrN2O. The Kier molecular flexibility index (Phi) is 4.22. The number of aryl methyl sites for hydroxylation is 1. The first-order chi connectivity index (χ1) is 9.04. The van der Waals surface area contributed by atoms with Gasteiger partial charge in [0.25, 0.3) is 0 Å². The molecule has 0 atom stereocenters. The number of carbonyl (C=O) groups is 1. The van der Waals surface area contributed by atoms with Crippen LogP contribution in [0, 0.1) is 6.92 Å². The topological polar surface area (TPSA) is 55.1 Å². The molecule has 0 aromatic heterocycles. The fourth-order valence-corrected chi connectivity index (χ4v) is 2.00. The Morgan fingerprint density at radius 1 is 1.21 bits per heavy atom. The van der Waals surface area contributed by atoms with Gasteiger partial charge >= 0.3 is 0 Å². The minimum absolute atomic E-state index is 0.0357. The first-order valence-electron chi connectivity index (χ1n) is 5.95. The van der Waals surface area contributed by atoms with E-state index in [1.54, 1.807) is 12.1 Å². The predicted octanol–water partition coefficient (Wildman–Crippen LogP) is 3.52. The van der Waals surface area contributed by atoms with Crippen LogP contribution in [0.3, 0.4) is 0 Å². The lowest BCUT2D eigenvalue weighted by Crippen LogP contribution is -2.14. The second-order valence-electron chi connectivity index (χ2n) is 4.43. The number of amides is 1. The largest absolute Gasteiger partial charge is 0.399 e. The molecule has 2 aromatic rings. The summed E-state index contributed by atoms with van der Waals surface area (Å²) < 4.78 is 1.03. The van der Waals surface area contributed by atoms with Gasteiger partial charge in [0.2, 0.25) is 5.91 Å². The van der Waals surface area contributed by atoms with Crippen LogP contribution in [0.2, 0.25) is 0 Å². The van der Waals surface area contributed by atoms with Crippen LogP contribution < -0.4 is 11.1 Å². The number of nitrogens with one attached hydrogen (secondary N) is 1. The van der Waals surface area contributed by atoms with Gasteiger partial charge in [-0.15, -0.1) is 0 Å². The molecule has 0 radical (unpaired) electrons. The van der Waals surface area contributed by atoms with Crippen molar-refractivity contribution in [3.8, 4) is 0 Å². The molecule has 1 amide bonds. The highest BCUT2D eigenvalue weighted by atomic mass is 79.9. The van der Waals surface area contributed by atoms with E-state index in [1.807, 2.05) is 37.3 Å². The van der Waals surface area contributed by atoms with Crippen LogP contribution in [0.1, 0.15) is 11.1 Å². The highest BCUT2D eigenvalue weighted by molar-refractivity contribution is 9.10.